The molecule has 1 aromatic carbocycles. The van der Waals surface area contributed by atoms with Crippen LogP contribution in [0.5, 0.6) is 0 Å². The van der Waals surface area contributed by atoms with E-state index < -0.39 is 0 Å². The van der Waals surface area contributed by atoms with Crippen LogP contribution in [0.2, 0.25) is 0 Å². The number of carbonyl (C=O) groups excluding carboxylic acids is 2. The third-order valence-corrected chi connectivity index (χ3v) is 3.09. The first-order valence-corrected chi connectivity index (χ1v) is 6.35. The predicted molar refractivity (Wildman–Crippen MR) is 77.0 cm³/mol. The molecule has 0 spiro atoms. The number of hydrogen-bond donors (Lipinski definition) is 0. The van der Waals surface area contributed by atoms with Gasteiger partial charge in [-0.1, -0.05) is 12.2 Å². The van der Waals surface area contributed by atoms with Crippen molar-refractivity contribution in [1.29, 1.82) is 0 Å². The molecule has 0 aliphatic carbocycles. The van der Waals surface area contributed by atoms with Crippen molar-refractivity contribution in [2.45, 2.75) is 20.8 Å². The van der Waals surface area contributed by atoms with Gasteiger partial charge >= 0.3 is 0 Å². The van der Waals surface area contributed by atoms with E-state index in [9.17, 15) is 9.59 Å². The molecule has 0 atom stereocenters. The van der Waals surface area contributed by atoms with Gasteiger partial charge in [-0.15, -0.1) is 0 Å². The van der Waals surface area contributed by atoms with E-state index >= 15 is 0 Å². The van der Waals surface area contributed by atoms with Crippen LogP contribution in [0.25, 0.3) is 0 Å². The molecule has 18 heavy (non-hydrogen) atoms. The van der Waals surface area contributed by atoms with Crippen LogP contribution in [0.4, 0.5) is 5.69 Å². The maximum Gasteiger partial charge on any atom is 0.224 e. The summed E-state index contributed by atoms with van der Waals surface area (Å²) < 4.78 is 0.728. The van der Waals surface area contributed by atoms with E-state index in [1.807, 2.05) is 6.92 Å². The molecule has 0 aliphatic heterocycles. The topological polar surface area (TPSA) is 37.4 Å². The Hall–Kier alpha value is -1.42. The minimum absolute atomic E-state index is 0.00322. The van der Waals surface area contributed by atoms with Crippen molar-refractivity contribution in [2.24, 2.45) is 0 Å². The zero-order valence-electron chi connectivity index (χ0n) is 10.8. The second-order valence-corrected chi connectivity index (χ2v) is 5.14. The van der Waals surface area contributed by atoms with Gasteiger partial charge in [-0.3, -0.25) is 9.59 Å². The monoisotopic (exact) mass is 309 g/mol. The number of amides is 1. The van der Waals surface area contributed by atoms with E-state index in [2.05, 4.69) is 22.5 Å². The molecule has 0 bridgehead atoms. The summed E-state index contributed by atoms with van der Waals surface area (Å²) in [6.07, 6.45) is 0. The number of rotatable bonds is 4. The van der Waals surface area contributed by atoms with E-state index in [4.69, 9.17) is 0 Å². The maximum atomic E-state index is 11.6. The van der Waals surface area contributed by atoms with Crippen molar-refractivity contribution in [3.05, 3.63) is 40.4 Å². The van der Waals surface area contributed by atoms with E-state index in [0.29, 0.717) is 12.1 Å². The highest BCUT2D eigenvalue weighted by Gasteiger charge is 2.15. The van der Waals surface area contributed by atoms with Crippen molar-refractivity contribution in [3.63, 3.8) is 0 Å². The number of Topliss-reactive ketones (excluding diaryl/α,β-unsaturated/α-hetero) is 1. The fraction of sp³-hybridized carbons (Fsp3) is 0.286. The summed E-state index contributed by atoms with van der Waals surface area (Å²) in [5, 5.41) is 0. The van der Waals surface area contributed by atoms with Crippen LogP contribution in [0, 0.1) is 0 Å². The molecule has 0 aromatic heterocycles. The summed E-state index contributed by atoms with van der Waals surface area (Å²) >= 11 is 3.40. The number of nitrogens with zero attached hydrogens (tertiary/aromatic N) is 1. The summed E-state index contributed by atoms with van der Waals surface area (Å²) in [6.45, 7) is 9.17. The van der Waals surface area contributed by atoms with Crippen LogP contribution < -0.4 is 4.90 Å². The Kier molecular flexibility index (Phi) is 4.84. The van der Waals surface area contributed by atoms with Gasteiger partial charge in [0, 0.05) is 23.5 Å². The standard InChI is InChI=1S/C14H16BrNO2/c1-9(2)8-16(11(4)18)14-6-5-12(10(3)17)7-13(14)15/h5-7H,1,8H2,2-4H3. The van der Waals surface area contributed by atoms with Crippen LogP contribution in [0.1, 0.15) is 31.1 Å². The Morgan fingerprint density at radius 2 is 1.89 bits per heavy atom. The second kappa shape index (κ2) is 5.96. The SMILES string of the molecule is C=C(C)CN(C(C)=O)c1ccc(C(C)=O)cc1Br. The van der Waals surface area contributed by atoms with Crippen LogP contribution >= 0.6 is 15.9 Å². The molecule has 0 aliphatic rings. The average molecular weight is 310 g/mol. The predicted octanol–water partition coefficient (Wildman–Crippen LogP) is 3.58. The largest absolute Gasteiger partial charge is 0.307 e. The van der Waals surface area contributed by atoms with Gasteiger partial charge in [0.15, 0.2) is 5.78 Å². The molecule has 96 valence electrons. The van der Waals surface area contributed by atoms with Gasteiger partial charge in [-0.2, -0.15) is 0 Å². The molecule has 0 N–H and O–H groups in total. The molecule has 0 radical (unpaired) electrons. The zero-order valence-corrected chi connectivity index (χ0v) is 12.4. The third kappa shape index (κ3) is 3.53. The first-order valence-electron chi connectivity index (χ1n) is 5.56. The minimum Gasteiger partial charge on any atom is -0.307 e. The van der Waals surface area contributed by atoms with Gasteiger partial charge in [0.25, 0.3) is 0 Å². The van der Waals surface area contributed by atoms with Crippen molar-refractivity contribution in [3.8, 4) is 0 Å². The van der Waals surface area contributed by atoms with Crippen LogP contribution in [-0.4, -0.2) is 18.2 Å². The lowest BCUT2D eigenvalue weighted by Crippen LogP contribution is -2.30. The molecule has 0 heterocycles. The Balaban J connectivity index is 3.17. The molecule has 0 unspecified atom stereocenters. The van der Waals surface area contributed by atoms with Crippen molar-refractivity contribution in [2.75, 3.05) is 11.4 Å². The van der Waals surface area contributed by atoms with Crippen LogP contribution in [0.15, 0.2) is 34.8 Å². The molecular formula is C14H16BrNO2. The fourth-order valence-electron chi connectivity index (χ4n) is 1.58. The highest BCUT2D eigenvalue weighted by Crippen LogP contribution is 2.28. The van der Waals surface area contributed by atoms with Gasteiger partial charge in [0.05, 0.1) is 5.69 Å². The average Bonchev–Trinajstić information content (AvgIpc) is 2.25. The quantitative estimate of drug-likeness (QED) is 0.629. The lowest BCUT2D eigenvalue weighted by atomic mass is 10.1. The van der Waals surface area contributed by atoms with Gasteiger partial charge in [-0.05, 0) is 48.0 Å². The van der Waals surface area contributed by atoms with Crippen molar-refractivity contribution >= 4 is 33.3 Å². The molecule has 0 saturated heterocycles. The number of hydrogen-bond acceptors (Lipinski definition) is 2. The normalized spacial score (nSPS) is 10.0. The molecule has 1 aromatic rings. The van der Waals surface area contributed by atoms with E-state index in [0.717, 1.165) is 15.7 Å². The highest BCUT2D eigenvalue weighted by atomic mass is 79.9. The Morgan fingerprint density at radius 3 is 2.28 bits per heavy atom. The van der Waals surface area contributed by atoms with Crippen molar-refractivity contribution in [1.82, 2.24) is 0 Å². The molecule has 3 nitrogen and oxygen atoms in total. The lowest BCUT2D eigenvalue weighted by molar-refractivity contribution is -0.116. The summed E-state index contributed by atoms with van der Waals surface area (Å²) in [5.74, 6) is -0.0641. The summed E-state index contributed by atoms with van der Waals surface area (Å²) in [7, 11) is 0. The zero-order chi connectivity index (χ0) is 13.9. The first kappa shape index (κ1) is 14.6. The van der Waals surface area contributed by atoms with Gasteiger partial charge in [0.1, 0.15) is 0 Å². The molecule has 0 fully saturated rings. The fourth-order valence-corrected chi connectivity index (χ4v) is 2.17. The third-order valence-electron chi connectivity index (χ3n) is 2.45. The van der Waals surface area contributed by atoms with E-state index in [1.165, 1.54) is 13.8 Å². The molecule has 0 saturated carbocycles. The number of benzene rings is 1. The number of halogens is 1. The second-order valence-electron chi connectivity index (χ2n) is 4.28. The molecular weight excluding hydrogens is 294 g/mol. The van der Waals surface area contributed by atoms with Crippen molar-refractivity contribution < 1.29 is 9.59 Å². The Morgan fingerprint density at radius 1 is 1.28 bits per heavy atom. The van der Waals surface area contributed by atoms with Gasteiger partial charge < -0.3 is 4.90 Å². The van der Waals surface area contributed by atoms with Gasteiger partial charge in [-0.25, -0.2) is 0 Å². The smallest absolute Gasteiger partial charge is 0.224 e. The van der Waals surface area contributed by atoms with E-state index in [1.54, 1.807) is 23.1 Å². The van der Waals surface area contributed by atoms with Crippen LogP contribution in [0.3, 0.4) is 0 Å². The number of anilines is 1. The number of ketones is 1. The summed E-state index contributed by atoms with van der Waals surface area (Å²) in [6, 6.07) is 5.22. The van der Waals surface area contributed by atoms with Gasteiger partial charge in [0.2, 0.25) is 5.91 Å². The lowest BCUT2D eigenvalue weighted by Gasteiger charge is -2.22. The molecule has 4 heteroatoms. The Bertz CT molecular complexity index is 509. The molecule has 1 rings (SSSR count). The maximum absolute atomic E-state index is 11.6. The highest BCUT2D eigenvalue weighted by molar-refractivity contribution is 9.10. The minimum atomic E-state index is -0.0609. The number of carbonyl (C=O) groups is 2. The first-order chi connectivity index (χ1) is 8.32. The van der Waals surface area contributed by atoms with E-state index in [-0.39, 0.29) is 11.7 Å². The summed E-state index contributed by atoms with van der Waals surface area (Å²) in [4.78, 5) is 24.5. The van der Waals surface area contributed by atoms with Crippen LogP contribution in [-0.2, 0) is 4.79 Å². The molecule has 1 amide bonds. The summed E-state index contributed by atoms with van der Waals surface area (Å²) in [5.41, 5.74) is 2.26. The Labute approximate surface area is 116 Å².